The summed E-state index contributed by atoms with van der Waals surface area (Å²) in [6, 6.07) is 12.1. The van der Waals surface area contributed by atoms with Crippen molar-refractivity contribution in [3.05, 3.63) is 59.9 Å². The van der Waals surface area contributed by atoms with E-state index in [1.165, 1.54) is 13.4 Å². The molecule has 3 N–H and O–H groups in total. The highest BCUT2D eigenvalue weighted by Crippen LogP contribution is 2.33. The van der Waals surface area contributed by atoms with Gasteiger partial charge in [0.25, 0.3) is 0 Å². The zero-order valence-corrected chi connectivity index (χ0v) is 15.5. The SMILES string of the molecule is COC(=O)c1ccc(Oc2ncnc(NCc3ccc4c(c3)OCO4)c2N)cc1. The number of rotatable bonds is 6. The second-order valence-electron chi connectivity index (χ2n) is 6.10. The van der Waals surface area contributed by atoms with E-state index in [2.05, 4.69) is 20.0 Å². The van der Waals surface area contributed by atoms with Gasteiger partial charge in [0.05, 0.1) is 12.7 Å². The number of nitrogens with two attached hydrogens (primary N) is 1. The lowest BCUT2D eigenvalue weighted by Gasteiger charge is -2.12. The van der Waals surface area contributed by atoms with Crippen LogP contribution in [0.2, 0.25) is 0 Å². The maximum atomic E-state index is 11.5. The zero-order chi connectivity index (χ0) is 20.2. The minimum atomic E-state index is -0.423. The number of fused-ring (bicyclic) bond motifs is 1. The number of carbonyl (C=O) groups is 1. The Kier molecular flexibility index (Phi) is 5.02. The minimum absolute atomic E-state index is 0.207. The number of hydrogen-bond donors (Lipinski definition) is 2. The number of hydrogen-bond acceptors (Lipinski definition) is 9. The van der Waals surface area contributed by atoms with E-state index in [1.807, 2.05) is 18.2 Å². The van der Waals surface area contributed by atoms with Crippen LogP contribution in [0.5, 0.6) is 23.1 Å². The van der Waals surface area contributed by atoms with Crippen LogP contribution in [0.4, 0.5) is 11.5 Å². The maximum Gasteiger partial charge on any atom is 0.337 e. The van der Waals surface area contributed by atoms with Crippen LogP contribution in [-0.2, 0) is 11.3 Å². The van der Waals surface area contributed by atoms with Gasteiger partial charge in [0.15, 0.2) is 17.3 Å². The number of methoxy groups -OCH3 is 1. The molecule has 0 radical (unpaired) electrons. The van der Waals surface area contributed by atoms with Gasteiger partial charge in [0.1, 0.15) is 17.8 Å². The Hall–Kier alpha value is -4.01. The molecular weight excluding hydrogens is 376 g/mol. The van der Waals surface area contributed by atoms with Gasteiger partial charge in [0.2, 0.25) is 12.7 Å². The highest BCUT2D eigenvalue weighted by Gasteiger charge is 2.14. The first-order valence-corrected chi connectivity index (χ1v) is 8.73. The summed E-state index contributed by atoms with van der Waals surface area (Å²) in [5.41, 5.74) is 7.82. The first-order chi connectivity index (χ1) is 14.1. The molecule has 29 heavy (non-hydrogen) atoms. The molecule has 1 aromatic heterocycles. The Bertz CT molecular complexity index is 1040. The lowest BCUT2D eigenvalue weighted by molar-refractivity contribution is 0.0600. The minimum Gasteiger partial charge on any atom is -0.465 e. The van der Waals surface area contributed by atoms with E-state index in [1.54, 1.807) is 24.3 Å². The van der Waals surface area contributed by atoms with Gasteiger partial charge < -0.3 is 30.0 Å². The molecule has 0 spiro atoms. The van der Waals surface area contributed by atoms with Crippen molar-refractivity contribution < 1.29 is 23.7 Å². The van der Waals surface area contributed by atoms with E-state index in [9.17, 15) is 4.79 Å². The second kappa shape index (κ2) is 7.93. The summed E-state index contributed by atoms with van der Waals surface area (Å²) in [6.45, 7) is 0.706. The van der Waals surface area contributed by atoms with Crippen molar-refractivity contribution in [3.63, 3.8) is 0 Å². The Labute approximate surface area is 166 Å². The molecule has 0 bridgehead atoms. The Morgan fingerprint density at radius 3 is 2.72 bits per heavy atom. The van der Waals surface area contributed by atoms with Gasteiger partial charge in [-0.25, -0.2) is 9.78 Å². The molecule has 0 unspecified atom stereocenters. The summed E-state index contributed by atoms with van der Waals surface area (Å²) in [7, 11) is 1.33. The van der Waals surface area contributed by atoms with Crippen LogP contribution in [0.1, 0.15) is 15.9 Å². The van der Waals surface area contributed by atoms with Crippen molar-refractivity contribution in [3.8, 4) is 23.1 Å². The van der Waals surface area contributed by atoms with Crippen LogP contribution >= 0.6 is 0 Å². The zero-order valence-electron chi connectivity index (χ0n) is 15.5. The average Bonchev–Trinajstić information content (AvgIpc) is 3.22. The smallest absolute Gasteiger partial charge is 0.337 e. The summed E-state index contributed by atoms with van der Waals surface area (Å²) >= 11 is 0. The second-order valence-corrected chi connectivity index (χ2v) is 6.10. The standard InChI is InChI=1S/C20H18N4O5/c1-26-20(25)13-3-5-14(6-4-13)29-19-17(21)18(23-10-24-19)22-9-12-2-7-15-16(8-12)28-11-27-15/h2-8,10H,9,11,21H2,1H3,(H,22,23,24). The average molecular weight is 394 g/mol. The molecule has 0 fully saturated rings. The van der Waals surface area contributed by atoms with Gasteiger partial charge in [-0.3, -0.25) is 0 Å². The molecule has 9 heteroatoms. The number of aromatic nitrogens is 2. The Morgan fingerprint density at radius 2 is 1.93 bits per heavy atom. The van der Waals surface area contributed by atoms with E-state index in [4.69, 9.17) is 19.9 Å². The van der Waals surface area contributed by atoms with Crippen LogP contribution in [-0.4, -0.2) is 29.8 Å². The lowest BCUT2D eigenvalue weighted by Crippen LogP contribution is -2.07. The quantitative estimate of drug-likeness (QED) is 0.608. The summed E-state index contributed by atoms with van der Waals surface area (Å²) in [5.74, 6) is 2.14. The first-order valence-electron chi connectivity index (χ1n) is 8.73. The molecule has 0 aliphatic carbocycles. The molecule has 4 rings (SSSR count). The number of carbonyl (C=O) groups excluding carboxylic acids is 1. The molecule has 0 saturated heterocycles. The van der Waals surface area contributed by atoms with Gasteiger partial charge >= 0.3 is 5.97 Å². The predicted octanol–water partition coefficient (Wildman–Crippen LogP) is 2.98. The van der Waals surface area contributed by atoms with Gasteiger partial charge in [0, 0.05) is 6.54 Å². The predicted molar refractivity (Wildman–Crippen MR) is 104 cm³/mol. The van der Waals surface area contributed by atoms with Crippen molar-refractivity contribution in [1.82, 2.24) is 9.97 Å². The van der Waals surface area contributed by atoms with E-state index < -0.39 is 5.97 Å². The third-order valence-electron chi connectivity index (χ3n) is 4.23. The third-order valence-corrected chi connectivity index (χ3v) is 4.23. The number of nitrogens with zero attached hydrogens (tertiary/aromatic N) is 2. The highest BCUT2D eigenvalue weighted by atomic mass is 16.7. The fourth-order valence-corrected chi connectivity index (χ4v) is 2.73. The van der Waals surface area contributed by atoms with Crippen molar-refractivity contribution in [2.45, 2.75) is 6.54 Å². The molecular formula is C20H18N4O5. The van der Waals surface area contributed by atoms with Crippen molar-refractivity contribution >= 4 is 17.5 Å². The highest BCUT2D eigenvalue weighted by molar-refractivity contribution is 5.89. The largest absolute Gasteiger partial charge is 0.465 e. The maximum absolute atomic E-state index is 11.5. The summed E-state index contributed by atoms with van der Waals surface area (Å²) in [4.78, 5) is 19.8. The van der Waals surface area contributed by atoms with Crippen LogP contribution in [0.25, 0.3) is 0 Å². The summed E-state index contributed by atoms with van der Waals surface area (Å²) in [6.07, 6.45) is 1.36. The van der Waals surface area contributed by atoms with Crippen LogP contribution in [0.3, 0.4) is 0 Å². The van der Waals surface area contributed by atoms with Crippen molar-refractivity contribution in [2.75, 3.05) is 25.0 Å². The molecule has 1 aliphatic heterocycles. The van der Waals surface area contributed by atoms with Gasteiger partial charge in [-0.05, 0) is 42.0 Å². The van der Waals surface area contributed by atoms with E-state index in [0.29, 0.717) is 29.4 Å². The van der Waals surface area contributed by atoms with E-state index >= 15 is 0 Å². The van der Waals surface area contributed by atoms with Gasteiger partial charge in [-0.1, -0.05) is 6.07 Å². The van der Waals surface area contributed by atoms with Gasteiger partial charge in [-0.2, -0.15) is 4.98 Å². The monoisotopic (exact) mass is 394 g/mol. The number of benzene rings is 2. The number of anilines is 2. The molecule has 9 nitrogen and oxygen atoms in total. The fourth-order valence-electron chi connectivity index (χ4n) is 2.73. The van der Waals surface area contributed by atoms with E-state index in [-0.39, 0.29) is 18.4 Å². The van der Waals surface area contributed by atoms with Gasteiger partial charge in [-0.15, -0.1) is 0 Å². The number of ether oxygens (including phenoxy) is 4. The summed E-state index contributed by atoms with van der Waals surface area (Å²) in [5, 5.41) is 3.16. The topological polar surface area (TPSA) is 118 Å². The summed E-state index contributed by atoms with van der Waals surface area (Å²) < 4.78 is 21.1. The van der Waals surface area contributed by atoms with E-state index in [0.717, 1.165) is 11.3 Å². The Balaban J connectivity index is 1.45. The fraction of sp³-hybridized carbons (Fsp3) is 0.150. The first kappa shape index (κ1) is 18.4. The molecule has 2 heterocycles. The number of nitrogen functional groups attached to an aromatic ring is 1. The third kappa shape index (κ3) is 3.98. The molecule has 1 aliphatic rings. The molecule has 2 aromatic carbocycles. The van der Waals surface area contributed by atoms with Crippen LogP contribution < -0.4 is 25.3 Å². The van der Waals surface area contributed by atoms with Crippen molar-refractivity contribution in [1.29, 1.82) is 0 Å². The number of nitrogens with one attached hydrogen (secondary N) is 1. The Morgan fingerprint density at radius 1 is 1.14 bits per heavy atom. The molecule has 0 atom stereocenters. The molecule has 0 amide bonds. The molecule has 148 valence electrons. The molecule has 0 saturated carbocycles. The van der Waals surface area contributed by atoms with Crippen LogP contribution in [0.15, 0.2) is 48.8 Å². The normalized spacial score (nSPS) is 11.8. The lowest BCUT2D eigenvalue weighted by atomic mass is 10.2. The molecule has 3 aromatic rings. The van der Waals surface area contributed by atoms with Crippen LogP contribution in [0, 0.1) is 0 Å². The number of esters is 1. The van der Waals surface area contributed by atoms with Crippen molar-refractivity contribution in [2.24, 2.45) is 0 Å².